The summed E-state index contributed by atoms with van der Waals surface area (Å²) in [6.45, 7) is 4.16. The van der Waals surface area contributed by atoms with E-state index >= 15 is 0 Å². The van der Waals surface area contributed by atoms with Crippen LogP contribution in [0, 0.1) is 0 Å². The molecule has 0 amide bonds. The average Bonchev–Trinajstić information content (AvgIpc) is 2.58. The standard InChI is InChI=1S/C22H40O3/c1-3-5-6-7-8-9-10-11-12-13-14-15-16-17-18-20-22(24)25-21(23)19-4-2/h11-12H,3-10,13-20H2,1-2H3/b12-11+. The van der Waals surface area contributed by atoms with Crippen LogP contribution in [0.25, 0.3) is 0 Å². The lowest BCUT2D eigenvalue weighted by Crippen LogP contribution is -2.11. The Labute approximate surface area is 155 Å². The summed E-state index contributed by atoms with van der Waals surface area (Å²) in [6.07, 6.45) is 22.1. The van der Waals surface area contributed by atoms with Gasteiger partial charge in [-0.3, -0.25) is 9.59 Å². The van der Waals surface area contributed by atoms with E-state index in [9.17, 15) is 9.59 Å². The summed E-state index contributed by atoms with van der Waals surface area (Å²) >= 11 is 0. The van der Waals surface area contributed by atoms with Crippen LogP contribution in [-0.4, -0.2) is 11.9 Å². The predicted octanol–water partition coefficient (Wildman–Crippen LogP) is 6.89. The van der Waals surface area contributed by atoms with Crippen LogP contribution in [-0.2, 0) is 14.3 Å². The molecule has 146 valence electrons. The van der Waals surface area contributed by atoms with Gasteiger partial charge in [0.25, 0.3) is 0 Å². The van der Waals surface area contributed by atoms with Gasteiger partial charge in [0.05, 0.1) is 0 Å². The van der Waals surface area contributed by atoms with Crippen molar-refractivity contribution in [2.24, 2.45) is 0 Å². The zero-order valence-corrected chi connectivity index (χ0v) is 16.7. The fourth-order valence-electron chi connectivity index (χ4n) is 2.77. The molecule has 0 saturated carbocycles. The summed E-state index contributed by atoms with van der Waals surface area (Å²) in [4.78, 5) is 22.6. The minimum Gasteiger partial charge on any atom is -0.393 e. The van der Waals surface area contributed by atoms with E-state index in [4.69, 9.17) is 4.74 Å². The van der Waals surface area contributed by atoms with E-state index in [1.807, 2.05) is 6.92 Å². The van der Waals surface area contributed by atoms with E-state index in [0.717, 1.165) is 25.7 Å². The third-order valence-electron chi connectivity index (χ3n) is 4.32. The molecule has 3 nitrogen and oxygen atoms in total. The highest BCUT2D eigenvalue weighted by atomic mass is 16.6. The lowest BCUT2D eigenvalue weighted by atomic mass is 10.1. The van der Waals surface area contributed by atoms with Crippen molar-refractivity contribution in [1.82, 2.24) is 0 Å². The third-order valence-corrected chi connectivity index (χ3v) is 4.32. The van der Waals surface area contributed by atoms with Gasteiger partial charge in [-0.2, -0.15) is 0 Å². The molecule has 0 unspecified atom stereocenters. The number of carbonyl (C=O) groups is 2. The highest BCUT2D eigenvalue weighted by molar-refractivity contribution is 5.85. The maximum absolute atomic E-state index is 11.4. The lowest BCUT2D eigenvalue weighted by Gasteiger charge is -2.02. The second kappa shape index (κ2) is 19.2. The SMILES string of the molecule is CCCCCCCC/C=C/CCCCCCCC(=O)OC(=O)CCC. The molecule has 0 bridgehead atoms. The van der Waals surface area contributed by atoms with E-state index in [2.05, 4.69) is 19.1 Å². The number of esters is 2. The molecule has 0 aromatic rings. The maximum Gasteiger partial charge on any atom is 0.313 e. The molecule has 0 aromatic carbocycles. The zero-order chi connectivity index (χ0) is 18.6. The molecule has 0 saturated heterocycles. The van der Waals surface area contributed by atoms with Crippen LogP contribution in [0.1, 0.15) is 117 Å². The summed E-state index contributed by atoms with van der Waals surface area (Å²) in [5.41, 5.74) is 0. The van der Waals surface area contributed by atoms with E-state index in [0.29, 0.717) is 12.8 Å². The van der Waals surface area contributed by atoms with Gasteiger partial charge in [-0.15, -0.1) is 0 Å². The first-order chi connectivity index (χ1) is 12.2. The summed E-state index contributed by atoms with van der Waals surface area (Å²) in [5.74, 6) is -0.753. The minimum absolute atomic E-state index is 0.331. The number of hydrogen-bond donors (Lipinski definition) is 0. The second-order valence-electron chi connectivity index (χ2n) is 6.93. The summed E-state index contributed by atoms with van der Waals surface area (Å²) < 4.78 is 4.72. The number of allylic oxidation sites excluding steroid dienone is 2. The van der Waals surface area contributed by atoms with Crippen molar-refractivity contribution in [2.45, 2.75) is 117 Å². The van der Waals surface area contributed by atoms with Crippen LogP contribution in [0.3, 0.4) is 0 Å². The van der Waals surface area contributed by atoms with Gasteiger partial charge in [0.15, 0.2) is 0 Å². The predicted molar refractivity (Wildman–Crippen MR) is 105 cm³/mol. The highest BCUT2D eigenvalue weighted by Crippen LogP contribution is 2.10. The van der Waals surface area contributed by atoms with Crippen molar-refractivity contribution in [3.8, 4) is 0 Å². The summed E-state index contributed by atoms with van der Waals surface area (Å²) in [5, 5.41) is 0. The number of carbonyl (C=O) groups excluding carboxylic acids is 2. The van der Waals surface area contributed by atoms with E-state index in [1.54, 1.807) is 0 Å². The number of hydrogen-bond acceptors (Lipinski definition) is 3. The Bertz CT molecular complexity index is 347. The first-order valence-corrected chi connectivity index (χ1v) is 10.6. The number of rotatable bonds is 17. The Morgan fingerprint density at radius 1 is 0.600 bits per heavy atom. The molecule has 0 rings (SSSR count). The molecular weight excluding hydrogens is 312 g/mol. The van der Waals surface area contributed by atoms with E-state index in [1.165, 1.54) is 64.2 Å². The number of unbranched alkanes of at least 4 members (excludes halogenated alkanes) is 11. The molecular formula is C22H40O3. The normalized spacial score (nSPS) is 11.1. The first-order valence-electron chi connectivity index (χ1n) is 10.6. The molecule has 0 aromatic heterocycles. The lowest BCUT2D eigenvalue weighted by molar-refractivity contribution is -0.159. The first kappa shape index (κ1) is 23.9. The fraction of sp³-hybridized carbons (Fsp3) is 0.818. The van der Waals surface area contributed by atoms with Crippen molar-refractivity contribution in [2.75, 3.05) is 0 Å². The van der Waals surface area contributed by atoms with E-state index in [-0.39, 0.29) is 11.9 Å². The monoisotopic (exact) mass is 352 g/mol. The van der Waals surface area contributed by atoms with Gasteiger partial charge < -0.3 is 4.74 Å². The van der Waals surface area contributed by atoms with Gasteiger partial charge in [0.1, 0.15) is 0 Å². The van der Waals surface area contributed by atoms with Crippen molar-refractivity contribution in [3.05, 3.63) is 12.2 Å². The topological polar surface area (TPSA) is 43.4 Å². The smallest absolute Gasteiger partial charge is 0.313 e. The van der Waals surface area contributed by atoms with Crippen molar-refractivity contribution >= 4 is 11.9 Å². The van der Waals surface area contributed by atoms with Crippen LogP contribution >= 0.6 is 0 Å². The summed E-state index contributed by atoms with van der Waals surface area (Å²) in [7, 11) is 0. The van der Waals surface area contributed by atoms with Crippen molar-refractivity contribution in [1.29, 1.82) is 0 Å². The molecule has 0 aliphatic rings. The van der Waals surface area contributed by atoms with Gasteiger partial charge in [0, 0.05) is 12.8 Å². The molecule has 0 spiro atoms. The van der Waals surface area contributed by atoms with Crippen LogP contribution in [0.4, 0.5) is 0 Å². The van der Waals surface area contributed by atoms with Crippen LogP contribution < -0.4 is 0 Å². The molecule has 0 N–H and O–H groups in total. The Kier molecular flexibility index (Phi) is 18.3. The molecule has 3 heteroatoms. The van der Waals surface area contributed by atoms with Crippen molar-refractivity contribution < 1.29 is 14.3 Å². The molecule has 25 heavy (non-hydrogen) atoms. The van der Waals surface area contributed by atoms with Gasteiger partial charge in [0.2, 0.25) is 0 Å². The van der Waals surface area contributed by atoms with Gasteiger partial charge in [-0.1, -0.05) is 77.4 Å². The van der Waals surface area contributed by atoms with E-state index < -0.39 is 0 Å². The molecule has 0 fully saturated rings. The Morgan fingerprint density at radius 3 is 1.64 bits per heavy atom. The van der Waals surface area contributed by atoms with Gasteiger partial charge >= 0.3 is 11.9 Å². The molecule has 0 aliphatic carbocycles. The van der Waals surface area contributed by atoms with Gasteiger partial charge in [-0.05, 0) is 38.5 Å². The Hall–Kier alpha value is -1.12. The molecule has 0 atom stereocenters. The average molecular weight is 353 g/mol. The highest BCUT2D eigenvalue weighted by Gasteiger charge is 2.08. The molecule has 0 aliphatic heterocycles. The van der Waals surface area contributed by atoms with Crippen LogP contribution in [0.5, 0.6) is 0 Å². The number of ether oxygens (including phenoxy) is 1. The largest absolute Gasteiger partial charge is 0.393 e. The quantitative estimate of drug-likeness (QED) is 0.124. The summed E-state index contributed by atoms with van der Waals surface area (Å²) in [6, 6.07) is 0. The van der Waals surface area contributed by atoms with Crippen molar-refractivity contribution in [3.63, 3.8) is 0 Å². The maximum atomic E-state index is 11.4. The minimum atomic E-state index is -0.389. The van der Waals surface area contributed by atoms with Gasteiger partial charge in [-0.25, -0.2) is 0 Å². The zero-order valence-electron chi connectivity index (χ0n) is 16.7. The molecule has 0 radical (unpaired) electrons. The van der Waals surface area contributed by atoms with Crippen LogP contribution in [0.15, 0.2) is 12.2 Å². The third kappa shape index (κ3) is 19.1. The fourth-order valence-corrected chi connectivity index (χ4v) is 2.77. The Morgan fingerprint density at radius 2 is 1.08 bits per heavy atom. The second-order valence-corrected chi connectivity index (χ2v) is 6.93. The van der Waals surface area contributed by atoms with Crippen LogP contribution in [0.2, 0.25) is 0 Å². The molecule has 0 heterocycles. The Balaban J connectivity index is 3.26.